The van der Waals surface area contributed by atoms with Crippen LogP contribution in [0.5, 0.6) is 5.88 Å². The van der Waals surface area contributed by atoms with Gasteiger partial charge in [-0.1, -0.05) is 0 Å². The van der Waals surface area contributed by atoms with Gasteiger partial charge < -0.3 is 20.5 Å². The van der Waals surface area contributed by atoms with E-state index in [0.717, 1.165) is 25.3 Å². The lowest BCUT2D eigenvalue weighted by Crippen LogP contribution is -2.43. The predicted molar refractivity (Wildman–Crippen MR) is 76.5 cm³/mol. The number of hydrogen-bond acceptors (Lipinski definition) is 5. The Morgan fingerprint density at radius 3 is 2.89 bits per heavy atom. The molecule has 2 heterocycles. The Balaban J connectivity index is 2.11. The molecule has 1 aromatic heterocycles. The third kappa shape index (κ3) is 3.73. The summed E-state index contributed by atoms with van der Waals surface area (Å²) >= 11 is 0. The second-order valence-corrected chi connectivity index (χ2v) is 5.60. The fraction of sp³-hybridized carbons (Fsp3) is 0.643. The fourth-order valence-electron chi connectivity index (χ4n) is 2.18. The topological polar surface area (TPSA) is 69.4 Å². The molecule has 19 heavy (non-hydrogen) atoms. The summed E-state index contributed by atoms with van der Waals surface area (Å²) in [7, 11) is 0. The number of ether oxygens (including phenoxy) is 2. The van der Waals surface area contributed by atoms with E-state index in [2.05, 4.69) is 17.2 Å². The van der Waals surface area contributed by atoms with Gasteiger partial charge in [0.2, 0.25) is 5.88 Å². The maximum atomic E-state index is 5.86. The number of anilines is 2. The molecule has 1 atom stereocenters. The van der Waals surface area contributed by atoms with Crippen LogP contribution in [-0.2, 0) is 4.74 Å². The number of nitrogen functional groups attached to an aromatic ring is 1. The van der Waals surface area contributed by atoms with Crippen LogP contribution in [-0.4, -0.2) is 29.8 Å². The minimum absolute atomic E-state index is 0.0543. The third-order valence-electron chi connectivity index (χ3n) is 3.10. The largest absolute Gasteiger partial charge is 0.473 e. The van der Waals surface area contributed by atoms with Gasteiger partial charge in [-0.2, -0.15) is 4.98 Å². The van der Waals surface area contributed by atoms with E-state index in [1.54, 1.807) is 0 Å². The second kappa shape index (κ2) is 5.65. The standard InChI is InChI=1S/C14H23N3O2/c1-10(2)19-13-11(15)5-6-12(16-13)17-14(3)7-4-8-18-9-14/h5-6,10H,4,7-9,15H2,1-3H3,(H,16,17). The van der Waals surface area contributed by atoms with Crippen LogP contribution < -0.4 is 15.8 Å². The van der Waals surface area contributed by atoms with Crippen LogP contribution in [0.1, 0.15) is 33.6 Å². The number of hydrogen-bond donors (Lipinski definition) is 2. The van der Waals surface area contributed by atoms with E-state index in [1.807, 2.05) is 26.0 Å². The highest BCUT2D eigenvalue weighted by atomic mass is 16.5. The fourth-order valence-corrected chi connectivity index (χ4v) is 2.18. The minimum Gasteiger partial charge on any atom is -0.473 e. The molecule has 1 aliphatic rings. The molecule has 0 spiro atoms. The summed E-state index contributed by atoms with van der Waals surface area (Å²) in [6.07, 6.45) is 2.19. The van der Waals surface area contributed by atoms with E-state index in [9.17, 15) is 0 Å². The highest BCUT2D eigenvalue weighted by Crippen LogP contribution is 2.27. The van der Waals surface area contributed by atoms with Crippen LogP contribution in [0.3, 0.4) is 0 Å². The maximum absolute atomic E-state index is 5.86. The van der Waals surface area contributed by atoms with Crippen molar-refractivity contribution in [1.29, 1.82) is 0 Å². The Morgan fingerprint density at radius 1 is 1.47 bits per heavy atom. The smallest absolute Gasteiger partial charge is 0.239 e. The zero-order chi connectivity index (χ0) is 13.9. The lowest BCUT2D eigenvalue weighted by molar-refractivity contribution is 0.0538. The number of nitrogens with one attached hydrogen (secondary N) is 1. The number of nitrogens with zero attached hydrogens (tertiary/aromatic N) is 1. The molecule has 1 fully saturated rings. The van der Waals surface area contributed by atoms with E-state index >= 15 is 0 Å². The van der Waals surface area contributed by atoms with Gasteiger partial charge in [0.15, 0.2) is 0 Å². The van der Waals surface area contributed by atoms with Crippen LogP contribution in [0.4, 0.5) is 11.5 Å². The van der Waals surface area contributed by atoms with Crippen LogP contribution in [0.15, 0.2) is 12.1 Å². The van der Waals surface area contributed by atoms with Crippen molar-refractivity contribution in [1.82, 2.24) is 4.98 Å². The van der Waals surface area contributed by atoms with E-state index in [0.29, 0.717) is 18.2 Å². The van der Waals surface area contributed by atoms with Gasteiger partial charge in [-0.15, -0.1) is 0 Å². The molecule has 3 N–H and O–H groups in total. The van der Waals surface area contributed by atoms with E-state index < -0.39 is 0 Å². The Bertz CT molecular complexity index is 429. The number of nitrogens with two attached hydrogens (primary N) is 1. The molecule has 106 valence electrons. The van der Waals surface area contributed by atoms with Gasteiger partial charge in [0.05, 0.1) is 23.9 Å². The van der Waals surface area contributed by atoms with E-state index in [4.69, 9.17) is 15.2 Å². The minimum atomic E-state index is -0.0730. The van der Waals surface area contributed by atoms with E-state index in [1.165, 1.54) is 0 Å². The van der Waals surface area contributed by atoms with Crippen molar-refractivity contribution < 1.29 is 9.47 Å². The first kappa shape index (κ1) is 13.9. The van der Waals surface area contributed by atoms with Gasteiger partial charge >= 0.3 is 0 Å². The van der Waals surface area contributed by atoms with Gasteiger partial charge in [-0.25, -0.2) is 0 Å². The summed E-state index contributed by atoms with van der Waals surface area (Å²) in [5.74, 6) is 1.26. The van der Waals surface area contributed by atoms with Crippen LogP contribution in [0, 0.1) is 0 Å². The first-order chi connectivity index (χ1) is 8.98. The van der Waals surface area contributed by atoms with Crippen LogP contribution in [0.25, 0.3) is 0 Å². The average molecular weight is 265 g/mol. The summed E-state index contributed by atoms with van der Waals surface area (Å²) in [6.45, 7) is 7.59. The molecule has 1 aromatic rings. The van der Waals surface area contributed by atoms with Crippen LogP contribution in [0.2, 0.25) is 0 Å². The van der Waals surface area contributed by atoms with Crippen molar-refractivity contribution in [2.75, 3.05) is 24.3 Å². The zero-order valence-electron chi connectivity index (χ0n) is 11.9. The number of pyridine rings is 1. The molecule has 0 aromatic carbocycles. The lowest BCUT2D eigenvalue weighted by Gasteiger charge is -2.34. The summed E-state index contributed by atoms with van der Waals surface area (Å²) in [6, 6.07) is 3.70. The van der Waals surface area contributed by atoms with E-state index in [-0.39, 0.29) is 11.6 Å². The maximum Gasteiger partial charge on any atom is 0.239 e. The number of aromatic nitrogens is 1. The Morgan fingerprint density at radius 2 is 2.26 bits per heavy atom. The molecule has 5 nitrogen and oxygen atoms in total. The van der Waals surface area contributed by atoms with Crippen LogP contribution >= 0.6 is 0 Å². The molecule has 5 heteroatoms. The molecule has 1 unspecified atom stereocenters. The third-order valence-corrected chi connectivity index (χ3v) is 3.10. The SMILES string of the molecule is CC(C)Oc1nc(NC2(C)CCCOC2)ccc1N. The molecular weight excluding hydrogens is 242 g/mol. The monoisotopic (exact) mass is 265 g/mol. The van der Waals surface area contributed by atoms with Gasteiger partial charge in [0, 0.05) is 6.61 Å². The van der Waals surface area contributed by atoms with Crippen molar-refractivity contribution in [3.8, 4) is 5.88 Å². The summed E-state index contributed by atoms with van der Waals surface area (Å²) in [5.41, 5.74) is 6.35. The van der Waals surface area contributed by atoms with Gasteiger partial charge in [0.1, 0.15) is 5.82 Å². The number of rotatable bonds is 4. The average Bonchev–Trinajstić information content (AvgIpc) is 2.33. The van der Waals surface area contributed by atoms with Gasteiger partial charge in [-0.05, 0) is 45.7 Å². The Kier molecular flexibility index (Phi) is 4.14. The first-order valence-electron chi connectivity index (χ1n) is 6.78. The Hall–Kier alpha value is -1.49. The molecule has 0 saturated carbocycles. The molecule has 0 radical (unpaired) electrons. The highest BCUT2D eigenvalue weighted by molar-refractivity contribution is 5.54. The second-order valence-electron chi connectivity index (χ2n) is 5.60. The molecule has 0 bridgehead atoms. The van der Waals surface area contributed by atoms with Crippen molar-refractivity contribution in [3.63, 3.8) is 0 Å². The molecular formula is C14H23N3O2. The Labute approximate surface area is 114 Å². The quantitative estimate of drug-likeness (QED) is 0.875. The molecule has 0 amide bonds. The first-order valence-corrected chi connectivity index (χ1v) is 6.78. The lowest BCUT2D eigenvalue weighted by atomic mass is 9.95. The van der Waals surface area contributed by atoms with Gasteiger partial charge in [0.25, 0.3) is 0 Å². The van der Waals surface area contributed by atoms with Crippen molar-refractivity contribution in [2.24, 2.45) is 0 Å². The molecule has 2 rings (SSSR count). The van der Waals surface area contributed by atoms with Gasteiger partial charge in [-0.3, -0.25) is 0 Å². The van der Waals surface area contributed by atoms with Crippen molar-refractivity contribution in [2.45, 2.75) is 45.3 Å². The molecule has 0 aliphatic carbocycles. The predicted octanol–water partition coefficient (Wildman–Crippen LogP) is 2.43. The summed E-state index contributed by atoms with van der Waals surface area (Å²) in [4.78, 5) is 4.44. The normalized spacial score (nSPS) is 23.4. The molecule has 1 saturated heterocycles. The zero-order valence-corrected chi connectivity index (χ0v) is 11.9. The van der Waals surface area contributed by atoms with Crippen molar-refractivity contribution >= 4 is 11.5 Å². The molecule has 1 aliphatic heterocycles. The van der Waals surface area contributed by atoms with Crippen molar-refractivity contribution in [3.05, 3.63) is 12.1 Å². The highest BCUT2D eigenvalue weighted by Gasteiger charge is 2.27. The summed E-state index contributed by atoms with van der Waals surface area (Å²) in [5, 5.41) is 3.43. The summed E-state index contributed by atoms with van der Waals surface area (Å²) < 4.78 is 11.1.